The minimum atomic E-state index is -0.124. The molecule has 1 fully saturated rings. The van der Waals surface area contributed by atoms with E-state index >= 15 is 0 Å². The van der Waals surface area contributed by atoms with Crippen LogP contribution < -0.4 is 10.0 Å². The summed E-state index contributed by atoms with van der Waals surface area (Å²) in [6.45, 7) is 1.84. The summed E-state index contributed by atoms with van der Waals surface area (Å²) in [5.74, 6) is 0.113. The largest absolute Gasteiger partial charge is 0.618 e. The number of nitrogens with zero attached hydrogens (tertiary/aromatic N) is 2. The number of carbonyl (C=O) groups is 1. The first kappa shape index (κ1) is 18.0. The van der Waals surface area contributed by atoms with Crippen LogP contribution in [0.25, 0.3) is 0 Å². The van der Waals surface area contributed by atoms with Gasteiger partial charge in [-0.25, -0.2) is 0 Å². The molecule has 5 nitrogen and oxygen atoms in total. The average Bonchev–Trinajstić information content (AvgIpc) is 2.60. The molecular weight excluding hydrogens is 361 g/mol. The Balaban J connectivity index is 1.53. The number of piperidine rings is 1. The van der Waals surface area contributed by atoms with Crippen molar-refractivity contribution < 1.29 is 9.52 Å². The summed E-state index contributed by atoms with van der Waals surface area (Å²) in [5.41, 5.74) is 1.32. The molecule has 1 N–H and O–H groups in total. The van der Waals surface area contributed by atoms with Crippen LogP contribution in [0.2, 0.25) is 10.0 Å². The van der Waals surface area contributed by atoms with Crippen LogP contribution in [0.3, 0.4) is 0 Å². The van der Waals surface area contributed by atoms with E-state index in [0.29, 0.717) is 22.3 Å². The fourth-order valence-corrected chi connectivity index (χ4v) is 3.49. The second-order valence-electron chi connectivity index (χ2n) is 6.15. The van der Waals surface area contributed by atoms with E-state index < -0.39 is 0 Å². The summed E-state index contributed by atoms with van der Waals surface area (Å²) in [6.07, 6.45) is 3.25. The van der Waals surface area contributed by atoms with Crippen molar-refractivity contribution in [3.8, 4) is 0 Å². The quantitative estimate of drug-likeness (QED) is 0.653. The Bertz CT molecular complexity index is 762. The molecule has 0 spiro atoms. The SMILES string of the molecule is O=C(CN1CCC(c2cccc[n+]2[O-])CC1)Nc1cccc(Cl)c1Cl. The number of pyridine rings is 1. The van der Waals surface area contributed by atoms with Crippen molar-refractivity contribution in [1.29, 1.82) is 0 Å². The molecule has 0 aliphatic carbocycles. The number of aromatic nitrogens is 1. The normalized spacial score (nSPS) is 15.9. The topological polar surface area (TPSA) is 59.3 Å². The number of benzene rings is 1. The number of amides is 1. The van der Waals surface area contributed by atoms with Gasteiger partial charge in [0.1, 0.15) is 0 Å². The molecule has 0 saturated carbocycles. The third-order valence-corrected chi connectivity index (χ3v) is 5.27. The monoisotopic (exact) mass is 379 g/mol. The molecule has 1 aromatic heterocycles. The van der Waals surface area contributed by atoms with E-state index in [1.165, 1.54) is 6.20 Å². The van der Waals surface area contributed by atoms with Crippen LogP contribution in [0.4, 0.5) is 5.69 Å². The summed E-state index contributed by atoms with van der Waals surface area (Å²) in [4.78, 5) is 14.3. The average molecular weight is 380 g/mol. The predicted molar refractivity (Wildman–Crippen MR) is 98.9 cm³/mol. The van der Waals surface area contributed by atoms with Gasteiger partial charge in [0.2, 0.25) is 5.91 Å². The molecule has 3 rings (SSSR count). The lowest BCUT2D eigenvalue weighted by atomic mass is 9.93. The van der Waals surface area contributed by atoms with Gasteiger partial charge in [-0.3, -0.25) is 9.69 Å². The van der Waals surface area contributed by atoms with Crippen molar-refractivity contribution in [2.45, 2.75) is 18.8 Å². The van der Waals surface area contributed by atoms with Crippen LogP contribution in [0.1, 0.15) is 24.5 Å². The molecule has 1 aliphatic rings. The van der Waals surface area contributed by atoms with E-state index in [1.54, 1.807) is 24.3 Å². The number of anilines is 1. The smallest absolute Gasteiger partial charge is 0.238 e. The first-order chi connectivity index (χ1) is 12.0. The van der Waals surface area contributed by atoms with Gasteiger partial charge in [-0.2, -0.15) is 4.73 Å². The van der Waals surface area contributed by atoms with E-state index in [2.05, 4.69) is 10.2 Å². The minimum absolute atomic E-state index is 0.124. The zero-order valence-electron chi connectivity index (χ0n) is 13.6. The van der Waals surface area contributed by atoms with Gasteiger partial charge in [0.15, 0.2) is 11.9 Å². The van der Waals surface area contributed by atoms with Crippen LogP contribution in [0.15, 0.2) is 42.6 Å². The summed E-state index contributed by atoms with van der Waals surface area (Å²) in [7, 11) is 0. The predicted octanol–water partition coefficient (Wildman–Crippen LogP) is 3.44. The van der Waals surface area contributed by atoms with Gasteiger partial charge >= 0.3 is 0 Å². The first-order valence-corrected chi connectivity index (χ1v) is 8.94. The molecule has 0 bridgehead atoms. The molecule has 0 unspecified atom stereocenters. The molecule has 1 amide bonds. The third-order valence-electron chi connectivity index (χ3n) is 4.45. The lowest BCUT2D eigenvalue weighted by Gasteiger charge is -2.30. The molecule has 132 valence electrons. The first-order valence-electron chi connectivity index (χ1n) is 8.19. The molecule has 25 heavy (non-hydrogen) atoms. The van der Waals surface area contributed by atoms with E-state index in [-0.39, 0.29) is 11.8 Å². The van der Waals surface area contributed by atoms with Crippen molar-refractivity contribution in [3.63, 3.8) is 0 Å². The third kappa shape index (κ3) is 4.42. The number of hydrogen-bond acceptors (Lipinski definition) is 3. The number of likely N-dealkylation sites (tertiary alicyclic amines) is 1. The Morgan fingerprint density at radius 1 is 1.20 bits per heavy atom. The standard InChI is InChI=1S/C18H19Cl2N3O2/c19-14-4-3-5-15(18(14)20)21-17(24)12-22-10-7-13(8-11-22)16-6-1-2-9-23(16)25/h1-6,9,13H,7-8,10-12H2,(H,21,24). The molecule has 1 aromatic carbocycles. The van der Waals surface area contributed by atoms with Crippen molar-refractivity contribution in [2.75, 3.05) is 25.0 Å². The van der Waals surface area contributed by atoms with Crippen molar-refractivity contribution in [1.82, 2.24) is 4.90 Å². The van der Waals surface area contributed by atoms with Crippen LogP contribution >= 0.6 is 23.2 Å². The molecule has 2 heterocycles. The van der Waals surface area contributed by atoms with Gasteiger partial charge in [-0.15, -0.1) is 0 Å². The Morgan fingerprint density at radius 3 is 2.68 bits per heavy atom. The minimum Gasteiger partial charge on any atom is -0.618 e. The van der Waals surface area contributed by atoms with Gasteiger partial charge in [-0.1, -0.05) is 35.3 Å². The Morgan fingerprint density at radius 2 is 1.96 bits per heavy atom. The van der Waals surface area contributed by atoms with Gasteiger partial charge in [0.05, 0.1) is 22.3 Å². The van der Waals surface area contributed by atoms with Crippen LogP contribution in [0.5, 0.6) is 0 Å². The summed E-state index contributed by atoms with van der Waals surface area (Å²) in [5, 5.41) is 15.4. The number of hydrogen-bond donors (Lipinski definition) is 1. The van der Waals surface area contributed by atoms with Crippen molar-refractivity contribution in [3.05, 3.63) is 63.5 Å². The maximum absolute atomic E-state index is 12.2. The van der Waals surface area contributed by atoms with Gasteiger partial charge < -0.3 is 10.5 Å². The molecule has 0 atom stereocenters. The van der Waals surface area contributed by atoms with Crippen LogP contribution in [-0.4, -0.2) is 30.4 Å². The maximum Gasteiger partial charge on any atom is 0.238 e. The zero-order valence-corrected chi connectivity index (χ0v) is 15.1. The van der Waals surface area contributed by atoms with Crippen molar-refractivity contribution in [2.24, 2.45) is 0 Å². The maximum atomic E-state index is 12.2. The highest BCUT2D eigenvalue weighted by molar-refractivity contribution is 6.43. The number of nitrogens with one attached hydrogen (secondary N) is 1. The van der Waals surface area contributed by atoms with E-state index in [9.17, 15) is 10.0 Å². The number of carbonyl (C=O) groups excluding carboxylic acids is 1. The molecule has 2 aromatic rings. The number of rotatable bonds is 4. The molecule has 1 aliphatic heterocycles. The highest BCUT2D eigenvalue weighted by atomic mass is 35.5. The molecular formula is C18H19Cl2N3O2. The Labute approximate surface area is 156 Å². The highest BCUT2D eigenvalue weighted by Crippen LogP contribution is 2.30. The lowest BCUT2D eigenvalue weighted by Crippen LogP contribution is -2.41. The van der Waals surface area contributed by atoms with E-state index in [0.717, 1.165) is 36.4 Å². The highest BCUT2D eigenvalue weighted by Gasteiger charge is 2.26. The summed E-state index contributed by atoms with van der Waals surface area (Å²) >= 11 is 12.0. The van der Waals surface area contributed by atoms with E-state index in [1.807, 2.05) is 12.1 Å². The summed E-state index contributed by atoms with van der Waals surface area (Å²) in [6, 6.07) is 10.6. The van der Waals surface area contributed by atoms with Crippen molar-refractivity contribution >= 4 is 34.8 Å². The zero-order chi connectivity index (χ0) is 17.8. The lowest BCUT2D eigenvalue weighted by molar-refractivity contribution is -0.616. The fraction of sp³-hybridized carbons (Fsp3) is 0.333. The molecule has 7 heteroatoms. The second kappa shape index (κ2) is 8.04. The second-order valence-corrected chi connectivity index (χ2v) is 6.94. The van der Waals surface area contributed by atoms with Gasteiger partial charge in [0.25, 0.3) is 0 Å². The van der Waals surface area contributed by atoms with Crippen LogP contribution in [-0.2, 0) is 4.79 Å². The van der Waals surface area contributed by atoms with Gasteiger partial charge in [0, 0.05) is 18.1 Å². The molecule has 1 saturated heterocycles. The fourth-order valence-electron chi connectivity index (χ4n) is 3.14. The summed E-state index contributed by atoms with van der Waals surface area (Å²) < 4.78 is 0.939. The Hall–Kier alpha value is -1.82. The van der Waals surface area contributed by atoms with E-state index in [4.69, 9.17) is 23.2 Å². The number of halogens is 2. The Kier molecular flexibility index (Phi) is 5.78. The van der Waals surface area contributed by atoms with Gasteiger partial charge in [-0.05, 0) is 38.1 Å². The van der Waals surface area contributed by atoms with Crippen LogP contribution in [0, 0.1) is 5.21 Å². The molecule has 0 radical (unpaired) electrons.